The summed E-state index contributed by atoms with van der Waals surface area (Å²) >= 11 is 0. The molecule has 0 amide bonds. The fourth-order valence-electron chi connectivity index (χ4n) is 2.59. The smallest absolute Gasteiger partial charge is 0.136 e. The summed E-state index contributed by atoms with van der Waals surface area (Å²) in [5.74, 6) is 1.20. The Hall–Kier alpha value is -1.81. The van der Waals surface area contributed by atoms with Crippen molar-refractivity contribution in [2.75, 3.05) is 25.0 Å². The van der Waals surface area contributed by atoms with Crippen molar-refractivity contribution in [2.24, 2.45) is 0 Å². The maximum Gasteiger partial charge on any atom is 0.136 e. The lowest BCUT2D eigenvalue weighted by atomic mass is 10.2. The second-order valence-electron chi connectivity index (χ2n) is 5.34. The molecule has 0 spiro atoms. The van der Waals surface area contributed by atoms with Crippen molar-refractivity contribution in [3.05, 3.63) is 41.6 Å². The Morgan fingerprint density at radius 3 is 2.52 bits per heavy atom. The van der Waals surface area contributed by atoms with Gasteiger partial charge in [-0.3, -0.25) is 0 Å². The first-order valence-corrected chi connectivity index (χ1v) is 7.74. The predicted molar refractivity (Wildman–Crippen MR) is 89.2 cm³/mol. The largest absolute Gasteiger partial charge is 0.359 e. The van der Waals surface area contributed by atoms with E-state index in [9.17, 15) is 0 Å². The van der Waals surface area contributed by atoms with Crippen LogP contribution in [0, 0.1) is 6.92 Å². The average molecular weight is 286 g/mol. The van der Waals surface area contributed by atoms with Gasteiger partial charge in [0.15, 0.2) is 0 Å². The third kappa shape index (κ3) is 3.45. The van der Waals surface area contributed by atoms with Crippen LogP contribution >= 0.6 is 0 Å². The number of benzene rings is 1. The van der Waals surface area contributed by atoms with Gasteiger partial charge >= 0.3 is 0 Å². The van der Waals surface area contributed by atoms with E-state index in [0.29, 0.717) is 0 Å². The molecule has 0 aliphatic carbocycles. The highest BCUT2D eigenvalue weighted by Crippen LogP contribution is 2.26. The van der Waals surface area contributed by atoms with Gasteiger partial charge in [-0.1, -0.05) is 32.0 Å². The molecule has 21 heavy (non-hydrogen) atoms. The Bertz CT molecular complexity index is 560. The Labute approximate surface area is 127 Å². The SMILES string of the molecule is CCCN(C)c1c(CNCC)c(C)nn1-c1ccccc1. The van der Waals surface area contributed by atoms with E-state index in [4.69, 9.17) is 5.10 Å². The maximum atomic E-state index is 4.77. The highest BCUT2D eigenvalue weighted by molar-refractivity contribution is 5.54. The summed E-state index contributed by atoms with van der Waals surface area (Å²) in [6.07, 6.45) is 1.12. The Morgan fingerprint density at radius 2 is 1.90 bits per heavy atom. The summed E-state index contributed by atoms with van der Waals surface area (Å²) in [6.45, 7) is 9.28. The molecule has 0 unspecified atom stereocenters. The third-order valence-electron chi connectivity index (χ3n) is 3.63. The van der Waals surface area contributed by atoms with E-state index in [0.717, 1.165) is 37.4 Å². The Morgan fingerprint density at radius 1 is 1.19 bits per heavy atom. The monoisotopic (exact) mass is 286 g/mol. The topological polar surface area (TPSA) is 33.1 Å². The van der Waals surface area contributed by atoms with Crippen LogP contribution in [-0.2, 0) is 6.54 Å². The lowest BCUT2D eigenvalue weighted by molar-refractivity contribution is 0.717. The van der Waals surface area contributed by atoms with Crippen molar-refractivity contribution in [1.29, 1.82) is 0 Å². The van der Waals surface area contributed by atoms with Crippen LogP contribution in [0.2, 0.25) is 0 Å². The molecule has 0 fully saturated rings. The van der Waals surface area contributed by atoms with Gasteiger partial charge in [-0.15, -0.1) is 0 Å². The predicted octanol–water partition coefficient (Wildman–Crippen LogP) is 3.14. The molecular formula is C17H26N4. The number of rotatable bonds is 7. The molecule has 1 N–H and O–H groups in total. The molecule has 4 nitrogen and oxygen atoms in total. The fourth-order valence-corrected chi connectivity index (χ4v) is 2.59. The van der Waals surface area contributed by atoms with Gasteiger partial charge in [-0.25, -0.2) is 4.68 Å². The number of aryl methyl sites for hydroxylation is 1. The van der Waals surface area contributed by atoms with Crippen molar-refractivity contribution < 1.29 is 0 Å². The van der Waals surface area contributed by atoms with Crippen molar-refractivity contribution in [3.63, 3.8) is 0 Å². The van der Waals surface area contributed by atoms with E-state index in [1.54, 1.807) is 0 Å². The number of aromatic nitrogens is 2. The molecule has 0 saturated carbocycles. The second-order valence-corrected chi connectivity index (χ2v) is 5.34. The molecule has 0 aliphatic rings. The van der Waals surface area contributed by atoms with Gasteiger partial charge in [0.25, 0.3) is 0 Å². The van der Waals surface area contributed by atoms with Crippen molar-refractivity contribution >= 4 is 5.82 Å². The fraction of sp³-hybridized carbons (Fsp3) is 0.471. The van der Waals surface area contributed by atoms with Gasteiger partial charge in [0.05, 0.1) is 11.4 Å². The van der Waals surface area contributed by atoms with E-state index >= 15 is 0 Å². The molecule has 0 bridgehead atoms. The molecule has 2 aromatic rings. The van der Waals surface area contributed by atoms with Crippen molar-refractivity contribution in [2.45, 2.75) is 33.7 Å². The first-order chi connectivity index (χ1) is 10.2. The highest BCUT2D eigenvalue weighted by atomic mass is 15.4. The van der Waals surface area contributed by atoms with E-state index in [1.807, 2.05) is 6.07 Å². The summed E-state index contributed by atoms with van der Waals surface area (Å²) in [4.78, 5) is 2.31. The molecule has 0 radical (unpaired) electrons. The third-order valence-corrected chi connectivity index (χ3v) is 3.63. The van der Waals surface area contributed by atoms with E-state index in [2.05, 4.69) is 67.0 Å². The van der Waals surface area contributed by atoms with Gasteiger partial charge in [0, 0.05) is 25.7 Å². The summed E-state index contributed by atoms with van der Waals surface area (Å²) < 4.78 is 2.07. The van der Waals surface area contributed by atoms with E-state index in [1.165, 1.54) is 11.4 Å². The normalized spacial score (nSPS) is 10.9. The van der Waals surface area contributed by atoms with E-state index < -0.39 is 0 Å². The van der Waals surface area contributed by atoms with Gasteiger partial charge in [-0.2, -0.15) is 5.10 Å². The van der Waals surface area contributed by atoms with Gasteiger partial charge in [0.2, 0.25) is 0 Å². The maximum absolute atomic E-state index is 4.77. The average Bonchev–Trinajstić information content (AvgIpc) is 2.83. The van der Waals surface area contributed by atoms with Crippen LogP contribution in [-0.4, -0.2) is 29.9 Å². The Kier molecular flexibility index (Phi) is 5.39. The number of hydrogen-bond donors (Lipinski definition) is 1. The van der Waals surface area contributed by atoms with Gasteiger partial charge < -0.3 is 10.2 Å². The van der Waals surface area contributed by atoms with Crippen LogP contribution in [0.3, 0.4) is 0 Å². The first kappa shape index (κ1) is 15.6. The summed E-state index contributed by atoms with van der Waals surface area (Å²) in [7, 11) is 2.15. The number of hydrogen-bond acceptors (Lipinski definition) is 3. The molecule has 114 valence electrons. The minimum absolute atomic E-state index is 0.860. The summed E-state index contributed by atoms with van der Waals surface area (Å²) in [5, 5.41) is 8.20. The molecule has 2 rings (SSSR count). The van der Waals surface area contributed by atoms with Crippen LogP contribution < -0.4 is 10.2 Å². The summed E-state index contributed by atoms with van der Waals surface area (Å²) in [6, 6.07) is 10.4. The van der Waals surface area contributed by atoms with Crippen molar-refractivity contribution in [1.82, 2.24) is 15.1 Å². The van der Waals surface area contributed by atoms with Crippen LogP contribution in [0.5, 0.6) is 0 Å². The molecule has 0 atom stereocenters. The zero-order valence-corrected chi connectivity index (χ0v) is 13.6. The lowest BCUT2D eigenvalue weighted by Crippen LogP contribution is -2.24. The number of nitrogens with zero attached hydrogens (tertiary/aromatic N) is 3. The molecule has 4 heteroatoms. The summed E-state index contributed by atoms with van der Waals surface area (Å²) in [5.41, 5.74) is 3.50. The standard InChI is InChI=1S/C17H26N4/c1-5-12-20(4)17-16(13-18-6-2)14(3)19-21(17)15-10-8-7-9-11-15/h7-11,18H,5-6,12-13H2,1-4H3. The number of nitrogens with one attached hydrogen (secondary N) is 1. The van der Waals surface area contributed by atoms with Gasteiger partial charge in [-0.05, 0) is 32.0 Å². The number of anilines is 1. The highest BCUT2D eigenvalue weighted by Gasteiger charge is 2.18. The van der Waals surface area contributed by atoms with Crippen LogP contribution in [0.25, 0.3) is 5.69 Å². The van der Waals surface area contributed by atoms with Crippen LogP contribution in [0.4, 0.5) is 5.82 Å². The zero-order valence-electron chi connectivity index (χ0n) is 13.6. The van der Waals surface area contributed by atoms with Crippen LogP contribution in [0.15, 0.2) is 30.3 Å². The van der Waals surface area contributed by atoms with Crippen molar-refractivity contribution in [3.8, 4) is 5.69 Å². The Balaban J connectivity index is 2.49. The van der Waals surface area contributed by atoms with Crippen LogP contribution in [0.1, 0.15) is 31.5 Å². The molecular weight excluding hydrogens is 260 g/mol. The second kappa shape index (κ2) is 7.27. The molecule has 1 heterocycles. The minimum atomic E-state index is 0.860. The molecule has 1 aromatic carbocycles. The molecule has 0 aliphatic heterocycles. The lowest BCUT2D eigenvalue weighted by Gasteiger charge is -2.22. The minimum Gasteiger partial charge on any atom is -0.359 e. The molecule has 0 saturated heterocycles. The van der Waals surface area contributed by atoms with E-state index in [-0.39, 0.29) is 0 Å². The zero-order chi connectivity index (χ0) is 15.2. The molecule has 1 aromatic heterocycles. The quantitative estimate of drug-likeness (QED) is 0.849. The number of para-hydroxylation sites is 1. The first-order valence-electron chi connectivity index (χ1n) is 7.74. The van der Waals surface area contributed by atoms with Gasteiger partial charge in [0.1, 0.15) is 5.82 Å².